The number of aromatic nitrogens is 4. The molecule has 1 aliphatic rings. The number of anilines is 1. The number of imidazole rings is 1. The molecule has 4 rings (SSSR count). The van der Waals surface area contributed by atoms with Crippen molar-refractivity contribution in [2.75, 3.05) is 18.9 Å². The molecule has 0 spiro atoms. The Hall–Kier alpha value is -3.07. The number of carbonyl (C=O) groups is 1. The van der Waals surface area contributed by atoms with Gasteiger partial charge in [0.2, 0.25) is 5.78 Å². The van der Waals surface area contributed by atoms with Gasteiger partial charge in [0.1, 0.15) is 29.9 Å². The lowest BCUT2D eigenvalue weighted by Crippen LogP contribution is -2.38. The molecule has 0 bridgehead atoms. The summed E-state index contributed by atoms with van der Waals surface area (Å²) < 4.78 is 66.5. The van der Waals surface area contributed by atoms with Crippen LogP contribution in [0.25, 0.3) is 11.2 Å². The van der Waals surface area contributed by atoms with Crippen molar-refractivity contribution in [3.05, 3.63) is 42.5 Å². The van der Waals surface area contributed by atoms with Gasteiger partial charge in [-0.25, -0.2) is 15.0 Å². The van der Waals surface area contributed by atoms with Crippen molar-refractivity contribution in [3.8, 4) is 5.75 Å². The molecule has 2 unspecified atom stereocenters. The quantitative estimate of drug-likeness (QED) is 0.112. The van der Waals surface area contributed by atoms with Crippen molar-refractivity contribution in [1.82, 2.24) is 19.5 Å². The van der Waals surface area contributed by atoms with Gasteiger partial charge in [0.25, 0.3) is 0 Å². The maximum atomic E-state index is 15.2. The zero-order valence-electron chi connectivity index (χ0n) is 22.6. The number of benzene rings is 1. The van der Waals surface area contributed by atoms with Crippen molar-refractivity contribution < 1.29 is 46.9 Å². The molecule has 0 amide bonds. The Morgan fingerprint density at radius 1 is 1.27 bits per heavy atom. The number of hydrogen-bond donors (Lipinski definition) is 3. The molecule has 1 aromatic carbocycles. The van der Waals surface area contributed by atoms with E-state index in [2.05, 4.69) is 15.0 Å². The van der Waals surface area contributed by atoms with Gasteiger partial charge in [0, 0.05) is 6.42 Å². The van der Waals surface area contributed by atoms with Crippen LogP contribution < -0.4 is 10.5 Å². The van der Waals surface area contributed by atoms with E-state index in [0.29, 0.717) is 17.6 Å². The average molecular weight is 600 g/mol. The fourth-order valence-corrected chi connectivity index (χ4v) is 5.14. The van der Waals surface area contributed by atoms with Crippen LogP contribution in [0.5, 0.6) is 5.75 Å². The third-order valence-electron chi connectivity index (χ3n) is 6.25. The lowest BCUT2D eigenvalue weighted by molar-refractivity contribution is -0.216. The van der Waals surface area contributed by atoms with E-state index in [0.717, 1.165) is 12.5 Å². The van der Waals surface area contributed by atoms with E-state index in [4.69, 9.17) is 24.5 Å². The number of nitrogen functional groups attached to an aromatic ring is 1. The summed E-state index contributed by atoms with van der Waals surface area (Å²) in [4.78, 5) is 35.3. The van der Waals surface area contributed by atoms with Crippen molar-refractivity contribution in [2.45, 2.75) is 69.9 Å². The van der Waals surface area contributed by atoms with Crippen molar-refractivity contribution in [2.24, 2.45) is 0 Å². The van der Waals surface area contributed by atoms with E-state index >= 15 is 8.78 Å². The smallest absolute Gasteiger partial charge is 0.407 e. The van der Waals surface area contributed by atoms with Crippen molar-refractivity contribution in [1.29, 1.82) is 0 Å². The molecule has 41 heavy (non-hydrogen) atoms. The van der Waals surface area contributed by atoms with E-state index in [1.54, 1.807) is 0 Å². The van der Waals surface area contributed by atoms with Crippen LogP contribution in [0.4, 0.5) is 14.6 Å². The Labute approximate surface area is 234 Å². The van der Waals surface area contributed by atoms with Gasteiger partial charge >= 0.3 is 13.3 Å². The highest BCUT2D eigenvalue weighted by atomic mass is 31.2. The molecule has 1 fully saturated rings. The van der Waals surface area contributed by atoms with E-state index in [1.165, 1.54) is 49.3 Å². The van der Waals surface area contributed by atoms with Crippen molar-refractivity contribution >= 4 is 30.4 Å². The van der Waals surface area contributed by atoms with Crippen molar-refractivity contribution in [3.63, 3.8) is 0 Å². The molecule has 224 valence electrons. The molecule has 1 saturated heterocycles. The molecule has 2 aromatic heterocycles. The molecule has 0 saturated carbocycles. The third-order valence-corrected chi connectivity index (χ3v) is 7.66. The number of carbonyl (C=O) groups excluding carboxylic acids is 1. The maximum absolute atomic E-state index is 15.2. The highest BCUT2D eigenvalue weighted by molar-refractivity contribution is 7.55. The number of unbranched alkanes of at least 4 members (excludes halogenated alkanes) is 1. The second-order valence-corrected chi connectivity index (χ2v) is 11.8. The number of hydrogen-bond acceptors (Lipinski definition) is 11. The molecule has 4 N–H and O–H groups in total. The van der Waals surface area contributed by atoms with Gasteiger partial charge in [-0.1, -0.05) is 25.5 Å². The van der Waals surface area contributed by atoms with Crippen LogP contribution >= 0.6 is 7.60 Å². The first kappa shape index (κ1) is 30.9. The number of nitrogens with zero attached hydrogens (tertiary/aromatic N) is 4. The number of ether oxygens (including phenoxy) is 3. The van der Waals surface area contributed by atoms with E-state index in [9.17, 15) is 19.4 Å². The minimum Gasteiger partial charge on any atom is -0.493 e. The Morgan fingerprint density at radius 2 is 2.00 bits per heavy atom. The third kappa shape index (κ3) is 6.71. The molecular formula is C25H32F2N5O8P. The Kier molecular flexibility index (Phi) is 9.07. The van der Waals surface area contributed by atoms with Gasteiger partial charge < -0.3 is 34.5 Å². The number of para-hydroxylation sites is 1. The fraction of sp³-hybridized carbons (Fsp3) is 0.520. The highest BCUT2D eigenvalue weighted by Crippen LogP contribution is 2.59. The molecule has 3 aromatic rings. The summed E-state index contributed by atoms with van der Waals surface area (Å²) in [5.74, 6) is -3.61. The zero-order chi connectivity index (χ0) is 30.0. The molecular weight excluding hydrogens is 567 g/mol. The van der Waals surface area contributed by atoms with Crippen LogP contribution in [0.2, 0.25) is 0 Å². The van der Waals surface area contributed by atoms with Crippen LogP contribution in [0.15, 0.2) is 36.9 Å². The summed E-state index contributed by atoms with van der Waals surface area (Å²) in [6, 6.07) is 5.24. The van der Waals surface area contributed by atoms with Gasteiger partial charge in [0.15, 0.2) is 17.3 Å². The predicted octanol–water partition coefficient (Wildman–Crippen LogP) is 3.67. The molecule has 3 heterocycles. The first-order valence-corrected chi connectivity index (χ1v) is 14.4. The summed E-state index contributed by atoms with van der Waals surface area (Å²) in [6.07, 6.45) is 1.02. The van der Waals surface area contributed by atoms with Crippen LogP contribution in [-0.4, -0.2) is 72.2 Å². The Morgan fingerprint density at radius 3 is 2.71 bits per heavy atom. The Balaban J connectivity index is 1.52. The van der Waals surface area contributed by atoms with Gasteiger partial charge in [-0.05, 0) is 32.4 Å². The normalized spacial score (nSPS) is 21.2. The molecule has 0 radical (unpaired) electrons. The average Bonchev–Trinajstić information content (AvgIpc) is 3.51. The lowest BCUT2D eigenvalue weighted by Gasteiger charge is -2.27. The van der Waals surface area contributed by atoms with Gasteiger partial charge in [0.05, 0.1) is 31.2 Å². The largest absolute Gasteiger partial charge is 0.493 e. The number of halogens is 2. The van der Waals surface area contributed by atoms with Crippen LogP contribution in [0.3, 0.4) is 0 Å². The molecule has 0 aliphatic carbocycles. The lowest BCUT2D eigenvalue weighted by atomic mass is 10.1. The number of alkyl halides is 2. The summed E-state index contributed by atoms with van der Waals surface area (Å²) in [7, 11) is -5.92. The Bertz CT molecular complexity index is 1430. The standard InChI is InChI=1S/C25H32F2N5O8P/c1-4-5-10-37-16-9-7-6-8-15(16)21(33)25(26,27)41(35,36)38-12-18-17(40-24(2,3)34)11-19(39-18)32-14-31-20-22(28)29-13-30-23(20)32/h6-9,13-14,17-19,34H,4-5,10-12H2,1-3H3,(H,35,36)(H2,28,29,30)/t17?,18-,19-/m1/s1. The molecule has 4 atom stereocenters. The number of rotatable bonds is 13. The SMILES string of the molecule is CCCCOc1ccccc1C(=O)C(F)(F)P(=O)(O)OC[C@H]1O[C@@H](n2cnc3c(N)ncnc32)CC1OC(C)(C)O. The molecule has 13 nitrogen and oxygen atoms in total. The number of nitrogens with two attached hydrogens (primary N) is 1. The van der Waals surface area contributed by atoms with Crippen LogP contribution in [0, 0.1) is 0 Å². The minimum absolute atomic E-state index is 0.0565. The van der Waals surface area contributed by atoms with E-state index < -0.39 is 55.4 Å². The number of Topliss-reactive ketones (excluding diaryl/α,β-unsaturated/α-hetero) is 1. The second kappa shape index (κ2) is 12.0. The number of aliphatic hydroxyl groups is 1. The van der Waals surface area contributed by atoms with Crippen LogP contribution in [-0.2, 0) is 18.6 Å². The van der Waals surface area contributed by atoms with E-state index in [-0.39, 0.29) is 24.6 Å². The highest BCUT2D eigenvalue weighted by Gasteiger charge is 2.59. The summed E-state index contributed by atoms with van der Waals surface area (Å²) in [6.45, 7) is 3.91. The van der Waals surface area contributed by atoms with Crippen LogP contribution in [0.1, 0.15) is 56.6 Å². The first-order valence-electron chi connectivity index (χ1n) is 12.9. The molecule has 16 heteroatoms. The summed E-state index contributed by atoms with van der Waals surface area (Å²) >= 11 is 0. The topological polar surface area (TPSA) is 181 Å². The molecule has 1 aliphatic heterocycles. The van der Waals surface area contributed by atoms with E-state index in [1.807, 2.05) is 6.92 Å². The fourth-order valence-electron chi connectivity index (χ4n) is 4.25. The van der Waals surface area contributed by atoms with Gasteiger partial charge in [-0.15, -0.1) is 0 Å². The first-order chi connectivity index (χ1) is 19.2. The maximum Gasteiger partial charge on any atom is 0.407 e. The monoisotopic (exact) mass is 599 g/mol. The van der Waals surface area contributed by atoms with Gasteiger partial charge in [-0.3, -0.25) is 13.9 Å². The summed E-state index contributed by atoms with van der Waals surface area (Å²) in [5.41, 5.74) is 1.09. The van der Waals surface area contributed by atoms with Gasteiger partial charge in [-0.2, -0.15) is 8.78 Å². The number of ketones is 1. The predicted molar refractivity (Wildman–Crippen MR) is 141 cm³/mol. The summed E-state index contributed by atoms with van der Waals surface area (Å²) in [5, 5.41) is 10.2. The zero-order valence-corrected chi connectivity index (χ0v) is 23.5. The number of fused-ring (bicyclic) bond motifs is 1. The minimum atomic E-state index is -5.92. The second-order valence-electron chi connectivity index (χ2n) is 9.94.